The molecule has 0 N–H and O–H groups in total. The van der Waals surface area contributed by atoms with E-state index in [4.69, 9.17) is 0 Å². The van der Waals surface area contributed by atoms with Gasteiger partial charge in [0.15, 0.2) is 0 Å². The summed E-state index contributed by atoms with van der Waals surface area (Å²) in [6.07, 6.45) is 0. The standard InChI is InChI=1S/C17H17FN4OS/c1-4-22(14-7-5-13(18)6-8-14)16(23)10-24-17-15(9-19)11(2)20-12(3)21-17/h5-8H,4,10H2,1-3H3. The molecule has 0 saturated heterocycles. The molecule has 0 radical (unpaired) electrons. The third-order valence-corrected chi connectivity index (χ3v) is 4.33. The van der Waals surface area contributed by atoms with E-state index < -0.39 is 0 Å². The van der Waals surface area contributed by atoms with Gasteiger partial charge in [-0.1, -0.05) is 11.8 Å². The van der Waals surface area contributed by atoms with Gasteiger partial charge in [-0.15, -0.1) is 0 Å². The molecule has 124 valence electrons. The number of rotatable bonds is 5. The topological polar surface area (TPSA) is 69.9 Å². The van der Waals surface area contributed by atoms with Crippen molar-refractivity contribution in [2.45, 2.75) is 25.8 Å². The number of benzene rings is 1. The van der Waals surface area contributed by atoms with Crippen LogP contribution in [0.3, 0.4) is 0 Å². The molecule has 0 fully saturated rings. The van der Waals surface area contributed by atoms with E-state index in [1.165, 1.54) is 23.9 Å². The van der Waals surface area contributed by atoms with Crippen molar-refractivity contribution in [2.75, 3.05) is 17.2 Å². The second-order valence-corrected chi connectivity index (χ2v) is 6.02. The highest BCUT2D eigenvalue weighted by Gasteiger charge is 2.17. The average Bonchev–Trinajstić information content (AvgIpc) is 2.55. The van der Waals surface area contributed by atoms with Gasteiger partial charge in [0, 0.05) is 12.2 Å². The van der Waals surface area contributed by atoms with Gasteiger partial charge in [-0.05, 0) is 45.0 Å². The molecule has 1 heterocycles. The second-order valence-electron chi connectivity index (χ2n) is 5.05. The molecule has 2 aromatic rings. The molecule has 1 aromatic heterocycles. The number of aromatic nitrogens is 2. The van der Waals surface area contributed by atoms with Gasteiger partial charge >= 0.3 is 0 Å². The van der Waals surface area contributed by atoms with Crippen molar-refractivity contribution in [3.63, 3.8) is 0 Å². The highest BCUT2D eigenvalue weighted by atomic mass is 32.2. The lowest BCUT2D eigenvalue weighted by Gasteiger charge is -2.21. The Morgan fingerprint density at radius 1 is 1.29 bits per heavy atom. The minimum absolute atomic E-state index is 0.132. The Labute approximate surface area is 144 Å². The van der Waals surface area contributed by atoms with E-state index in [-0.39, 0.29) is 17.5 Å². The van der Waals surface area contributed by atoms with Crippen molar-refractivity contribution in [1.29, 1.82) is 5.26 Å². The number of hydrogen-bond acceptors (Lipinski definition) is 5. The lowest BCUT2D eigenvalue weighted by Crippen LogP contribution is -2.32. The molecule has 1 aromatic carbocycles. The van der Waals surface area contributed by atoms with E-state index in [1.807, 2.05) is 6.92 Å². The SMILES string of the molecule is CCN(C(=O)CSc1nc(C)nc(C)c1C#N)c1ccc(F)cc1. The number of carbonyl (C=O) groups excluding carboxylic acids is 1. The number of halogens is 1. The quantitative estimate of drug-likeness (QED) is 0.615. The number of nitrogens with zero attached hydrogens (tertiary/aromatic N) is 4. The maximum atomic E-state index is 13.0. The zero-order valence-corrected chi connectivity index (χ0v) is 14.5. The Morgan fingerprint density at radius 3 is 2.54 bits per heavy atom. The summed E-state index contributed by atoms with van der Waals surface area (Å²) < 4.78 is 13.0. The smallest absolute Gasteiger partial charge is 0.237 e. The van der Waals surface area contributed by atoms with Gasteiger partial charge in [-0.25, -0.2) is 14.4 Å². The molecule has 5 nitrogen and oxygen atoms in total. The lowest BCUT2D eigenvalue weighted by atomic mass is 10.2. The number of aryl methyl sites for hydroxylation is 2. The van der Waals surface area contributed by atoms with Crippen LogP contribution in [0, 0.1) is 31.0 Å². The summed E-state index contributed by atoms with van der Waals surface area (Å²) in [6.45, 7) is 5.82. The van der Waals surface area contributed by atoms with Crippen LogP contribution in [0.2, 0.25) is 0 Å². The summed E-state index contributed by atoms with van der Waals surface area (Å²) in [5, 5.41) is 9.75. The number of carbonyl (C=O) groups is 1. The molecule has 0 spiro atoms. The maximum Gasteiger partial charge on any atom is 0.237 e. The summed E-state index contributed by atoms with van der Waals surface area (Å²) in [5.74, 6) is 0.219. The molecule has 2 rings (SSSR count). The highest BCUT2D eigenvalue weighted by molar-refractivity contribution is 8.00. The van der Waals surface area contributed by atoms with Gasteiger partial charge in [0.1, 0.15) is 28.3 Å². The van der Waals surface area contributed by atoms with Crippen LogP contribution in [-0.4, -0.2) is 28.2 Å². The first-order chi connectivity index (χ1) is 11.5. The van der Waals surface area contributed by atoms with Crippen molar-refractivity contribution in [3.05, 3.63) is 47.2 Å². The normalized spacial score (nSPS) is 10.3. The van der Waals surface area contributed by atoms with Crippen molar-refractivity contribution >= 4 is 23.4 Å². The van der Waals surface area contributed by atoms with E-state index in [1.54, 1.807) is 30.9 Å². The third kappa shape index (κ3) is 4.09. The van der Waals surface area contributed by atoms with Gasteiger partial charge in [0.05, 0.1) is 11.4 Å². The maximum absolute atomic E-state index is 13.0. The van der Waals surface area contributed by atoms with Gasteiger partial charge in [-0.2, -0.15) is 5.26 Å². The summed E-state index contributed by atoms with van der Waals surface area (Å²) in [4.78, 5) is 22.5. The lowest BCUT2D eigenvalue weighted by molar-refractivity contribution is -0.116. The van der Waals surface area contributed by atoms with Gasteiger partial charge < -0.3 is 4.90 Å². The number of hydrogen-bond donors (Lipinski definition) is 0. The fourth-order valence-corrected chi connectivity index (χ4v) is 3.20. The van der Waals surface area contributed by atoms with Crippen LogP contribution in [0.25, 0.3) is 0 Å². The first-order valence-corrected chi connectivity index (χ1v) is 8.39. The number of amides is 1. The van der Waals surface area contributed by atoms with Crippen LogP contribution < -0.4 is 4.90 Å². The highest BCUT2D eigenvalue weighted by Crippen LogP contribution is 2.23. The molecular formula is C17H17FN4OS. The van der Waals surface area contributed by atoms with Gasteiger partial charge in [0.25, 0.3) is 0 Å². The Kier molecular flexibility index (Phi) is 5.88. The second kappa shape index (κ2) is 7.88. The molecule has 0 aliphatic carbocycles. The summed E-state index contributed by atoms with van der Waals surface area (Å²) in [6, 6.07) is 7.87. The van der Waals surface area contributed by atoms with Crippen LogP contribution >= 0.6 is 11.8 Å². The first-order valence-electron chi connectivity index (χ1n) is 7.40. The molecule has 7 heteroatoms. The van der Waals surface area contributed by atoms with Crippen molar-refractivity contribution < 1.29 is 9.18 Å². The predicted octanol–water partition coefficient (Wildman–Crippen LogP) is 3.25. The minimum atomic E-state index is -0.345. The Morgan fingerprint density at radius 2 is 1.96 bits per heavy atom. The third-order valence-electron chi connectivity index (χ3n) is 3.37. The van der Waals surface area contributed by atoms with E-state index in [9.17, 15) is 14.4 Å². The molecule has 1 amide bonds. The number of thioether (sulfide) groups is 1. The van der Waals surface area contributed by atoms with Crippen LogP contribution in [0.1, 0.15) is 24.0 Å². The Balaban J connectivity index is 2.15. The van der Waals surface area contributed by atoms with E-state index in [0.717, 1.165) is 0 Å². The Bertz CT molecular complexity index is 786. The molecule has 0 saturated carbocycles. The molecule has 0 bridgehead atoms. The number of nitriles is 1. The molecule has 0 unspecified atom stereocenters. The monoisotopic (exact) mass is 344 g/mol. The minimum Gasteiger partial charge on any atom is -0.312 e. The van der Waals surface area contributed by atoms with Crippen molar-refractivity contribution in [1.82, 2.24) is 9.97 Å². The summed E-state index contributed by atoms with van der Waals surface area (Å²) in [7, 11) is 0. The molecule has 0 atom stereocenters. The molecule has 24 heavy (non-hydrogen) atoms. The average molecular weight is 344 g/mol. The predicted molar refractivity (Wildman–Crippen MR) is 91.4 cm³/mol. The van der Waals surface area contributed by atoms with Crippen LogP contribution in [0.4, 0.5) is 10.1 Å². The van der Waals surface area contributed by atoms with E-state index >= 15 is 0 Å². The first kappa shape index (κ1) is 17.9. The van der Waals surface area contributed by atoms with Crippen LogP contribution in [-0.2, 0) is 4.79 Å². The van der Waals surface area contributed by atoms with Crippen molar-refractivity contribution in [2.24, 2.45) is 0 Å². The van der Waals surface area contributed by atoms with Gasteiger partial charge in [-0.3, -0.25) is 4.79 Å². The fourth-order valence-electron chi connectivity index (χ4n) is 2.25. The molecule has 0 aliphatic rings. The van der Waals surface area contributed by atoms with Crippen LogP contribution in [0.15, 0.2) is 29.3 Å². The summed E-state index contributed by atoms with van der Waals surface area (Å²) >= 11 is 1.21. The Hall–Kier alpha value is -2.46. The van der Waals surface area contributed by atoms with E-state index in [0.29, 0.717) is 34.3 Å². The van der Waals surface area contributed by atoms with E-state index in [2.05, 4.69) is 16.0 Å². The zero-order chi connectivity index (χ0) is 17.7. The van der Waals surface area contributed by atoms with Gasteiger partial charge in [0.2, 0.25) is 5.91 Å². The molecule has 0 aliphatic heterocycles. The molecular weight excluding hydrogens is 327 g/mol. The fraction of sp³-hybridized carbons (Fsp3) is 0.294. The van der Waals surface area contributed by atoms with Crippen LogP contribution in [0.5, 0.6) is 0 Å². The zero-order valence-electron chi connectivity index (χ0n) is 13.7. The van der Waals surface area contributed by atoms with Crippen molar-refractivity contribution in [3.8, 4) is 6.07 Å². The number of anilines is 1. The largest absolute Gasteiger partial charge is 0.312 e. The summed E-state index contributed by atoms with van der Waals surface area (Å²) in [5.41, 5.74) is 1.63.